The molecule has 2 atom stereocenters. The lowest BCUT2D eigenvalue weighted by atomic mass is 9.95. The molecular weight excluding hydrogens is 268 g/mol. The van der Waals surface area contributed by atoms with Gasteiger partial charge in [-0.2, -0.15) is 0 Å². The average Bonchev–Trinajstić information content (AvgIpc) is 2.38. The van der Waals surface area contributed by atoms with E-state index in [1.54, 1.807) is 6.92 Å². The number of carbonyl (C=O) groups is 2. The van der Waals surface area contributed by atoms with Crippen LogP contribution >= 0.6 is 0 Å². The first kappa shape index (κ1) is 15.9. The van der Waals surface area contributed by atoms with E-state index in [4.69, 9.17) is 0 Å². The van der Waals surface area contributed by atoms with E-state index in [-0.39, 0.29) is 42.3 Å². The molecule has 2 amide bonds. The van der Waals surface area contributed by atoms with E-state index in [0.29, 0.717) is 0 Å². The Balaban J connectivity index is 2.85. The highest BCUT2D eigenvalue weighted by Gasteiger charge is 2.37. The van der Waals surface area contributed by atoms with Crippen LogP contribution in [0.4, 0.5) is 0 Å². The molecule has 0 aromatic heterocycles. The van der Waals surface area contributed by atoms with E-state index >= 15 is 0 Å². The predicted octanol–water partition coefficient (Wildman–Crippen LogP) is -0.206. The molecule has 1 aliphatic rings. The maximum absolute atomic E-state index is 11.9. The van der Waals surface area contributed by atoms with Crippen LogP contribution in [0, 0.1) is 5.92 Å². The van der Waals surface area contributed by atoms with Gasteiger partial charge in [-0.15, -0.1) is 0 Å². The molecule has 1 aliphatic heterocycles. The molecule has 6 nitrogen and oxygen atoms in total. The van der Waals surface area contributed by atoms with Crippen molar-refractivity contribution in [2.24, 2.45) is 5.92 Å². The fourth-order valence-electron chi connectivity index (χ4n) is 2.10. The Morgan fingerprint density at radius 2 is 2.00 bits per heavy atom. The molecule has 1 rings (SSSR count). The molecule has 0 aliphatic carbocycles. The first-order chi connectivity index (χ1) is 8.82. The summed E-state index contributed by atoms with van der Waals surface area (Å²) in [5, 5.41) is 2.56. The minimum Gasteiger partial charge on any atom is -0.345 e. The Hall–Kier alpha value is -1.11. The van der Waals surface area contributed by atoms with Crippen molar-refractivity contribution in [2.45, 2.75) is 33.2 Å². The van der Waals surface area contributed by atoms with Crippen molar-refractivity contribution in [3.8, 4) is 0 Å². The predicted molar refractivity (Wildman–Crippen MR) is 72.3 cm³/mol. The molecule has 19 heavy (non-hydrogen) atoms. The molecule has 110 valence electrons. The molecule has 1 N–H and O–H groups in total. The number of nitrogens with zero attached hydrogens (tertiary/aromatic N) is 1. The third-order valence-electron chi connectivity index (χ3n) is 3.60. The maximum Gasteiger partial charge on any atom is 0.243 e. The zero-order valence-corrected chi connectivity index (χ0v) is 12.5. The van der Waals surface area contributed by atoms with Crippen LogP contribution in [0.1, 0.15) is 27.2 Å². The molecule has 1 heterocycles. The minimum atomic E-state index is -3.14. The second kappa shape index (κ2) is 6.36. The molecule has 0 bridgehead atoms. The molecular formula is C12H22N2O4S. The molecule has 2 unspecified atom stereocenters. The van der Waals surface area contributed by atoms with Crippen LogP contribution in [0.2, 0.25) is 0 Å². The van der Waals surface area contributed by atoms with Crippen LogP contribution in [-0.2, 0) is 19.4 Å². The molecule has 0 aromatic rings. The Labute approximate surface area is 114 Å². The molecule has 0 saturated carbocycles. The summed E-state index contributed by atoms with van der Waals surface area (Å²) < 4.78 is 23.1. The van der Waals surface area contributed by atoms with E-state index in [1.165, 1.54) is 4.90 Å². The number of sulfone groups is 1. The molecule has 0 radical (unpaired) electrons. The highest BCUT2D eigenvalue weighted by Crippen LogP contribution is 2.18. The first-order valence-electron chi connectivity index (χ1n) is 6.60. The zero-order chi connectivity index (χ0) is 14.6. The summed E-state index contributed by atoms with van der Waals surface area (Å²) in [7, 11) is -3.14. The fraction of sp³-hybridized carbons (Fsp3) is 0.833. The second-order valence-electron chi connectivity index (χ2n) is 4.87. The summed E-state index contributed by atoms with van der Waals surface area (Å²) >= 11 is 0. The van der Waals surface area contributed by atoms with Gasteiger partial charge in [0.2, 0.25) is 11.8 Å². The normalized spacial score (nSPS) is 22.3. The van der Waals surface area contributed by atoms with Gasteiger partial charge in [0.15, 0.2) is 9.84 Å². The van der Waals surface area contributed by atoms with Crippen LogP contribution in [0.15, 0.2) is 0 Å². The summed E-state index contributed by atoms with van der Waals surface area (Å²) in [4.78, 5) is 25.2. The van der Waals surface area contributed by atoms with Gasteiger partial charge in [0, 0.05) is 12.3 Å². The van der Waals surface area contributed by atoms with Gasteiger partial charge in [-0.25, -0.2) is 8.42 Å². The van der Waals surface area contributed by atoms with Crippen LogP contribution in [0.25, 0.3) is 0 Å². The standard InChI is InChI=1S/C12H22N2O4S/c1-4-9(3)11-12(16)13-8-10(15)14(11)6-7-19(17,18)5-2/h9,11H,4-8H2,1-3H3,(H,13,16). The highest BCUT2D eigenvalue weighted by atomic mass is 32.2. The number of hydrogen-bond donors (Lipinski definition) is 1. The number of rotatable bonds is 6. The van der Waals surface area contributed by atoms with Gasteiger partial charge in [0.05, 0.1) is 12.3 Å². The molecule has 1 fully saturated rings. The van der Waals surface area contributed by atoms with Crippen molar-refractivity contribution in [3.05, 3.63) is 0 Å². The van der Waals surface area contributed by atoms with E-state index < -0.39 is 15.9 Å². The van der Waals surface area contributed by atoms with Crippen molar-refractivity contribution in [1.29, 1.82) is 0 Å². The lowest BCUT2D eigenvalue weighted by molar-refractivity contribution is -0.147. The average molecular weight is 290 g/mol. The zero-order valence-electron chi connectivity index (χ0n) is 11.7. The lowest BCUT2D eigenvalue weighted by Gasteiger charge is -2.37. The number of piperazine rings is 1. The summed E-state index contributed by atoms with van der Waals surface area (Å²) in [6.07, 6.45) is 0.752. The Morgan fingerprint density at radius 3 is 2.53 bits per heavy atom. The van der Waals surface area contributed by atoms with Crippen molar-refractivity contribution < 1.29 is 18.0 Å². The Morgan fingerprint density at radius 1 is 1.37 bits per heavy atom. The SMILES string of the molecule is CCC(C)C1C(=O)NCC(=O)N1CCS(=O)(=O)CC. The Bertz CT molecular complexity index is 447. The highest BCUT2D eigenvalue weighted by molar-refractivity contribution is 7.91. The Kier molecular flexibility index (Phi) is 5.34. The molecule has 7 heteroatoms. The van der Waals surface area contributed by atoms with Crippen molar-refractivity contribution in [3.63, 3.8) is 0 Å². The number of nitrogens with one attached hydrogen (secondary N) is 1. The maximum atomic E-state index is 11.9. The van der Waals surface area contributed by atoms with Crippen molar-refractivity contribution in [1.82, 2.24) is 10.2 Å². The summed E-state index contributed by atoms with van der Waals surface area (Å²) in [6, 6.07) is -0.557. The lowest BCUT2D eigenvalue weighted by Crippen LogP contribution is -2.61. The quantitative estimate of drug-likeness (QED) is 0.734. The molecule has 0 spiro atoms. The number of carbonyl (C=O) groups excluding carboxylic acids is 2. The fourth-order valence-corrected chi connectivity index (χ4v) is 2.86. The van der Waals surface area contributed by atoms with Gasteiger partial charge in [-0.3, -0.25) is 9.59 Å². The number of amides is 2. The smallest absolute Gasteiger partial charge is 0.243 e. The van der Waals surface area contributed by atoms with Gasteiger partial charge >= 0.3 is 0 Å². The minimum absolute atomic E-state index is 0.00795. The third-order valence-corrected chi connectivity index (χ3v) is 5.29. The van der Waals surface area contributed by atoms with E-state index in [2.05, 4.69) is 5.32 Å². The van der Waals surface area contributed by atoms with E-state index in [9.17, 15) is 18.0 Å². The van der Waals surface area contributed by atoms with Gasteiger partial charge in [-0.05, 0) is 5.92 Å². The van der Waals surface area contributed by atoms with E-state index in [1.807, 2.05) is 13.8 Å². The second-order valence-corrected chi connectivity index (χ2v) is 7.34. The topological polar surface area (TPSA) is 83.6 Å². The van der Waals surface area contributed by atoms with Crippen LogP contribution < -0.4 is 5.32 Å². The first-order valence-corrected chi connectivity index (χ1v) is 8.42. The van der Waals surface area contributed by atoms with Crippen molar-refractivity contribution in [2.75, 3.05) is 24.6 Å². The monoisotopic (exact) mass is 290 g/mol. The third kappa shape index (κ3) is 3.92. The summed E-state index contributed by atoms with van der Waals surface area (Å²) in [6.45, 7) is 5.46. The van der Waals surface area contributed by atoms with Gasteiger partial charge in [-0.1, -0.05) is 27.2 Å². The van der Waals surface area contributed by atoms with Crippen LogP contribution in [-0.4, -0.2) is 55.8 Å². The van der Waals surface area contributed by atoms with Crippen molar-refractivity contribution >= 4 is 21.7 Å². The molecule has 0 aromatic carbocycles. The summed E-state index contributed by atoms with van der Waals surface area (Å²) in [5.74, 6) is -0.433. The number of hydrogen-bond acceptors (Lipinski definition) is 4. The van der Waals surface area contributed by atoms with Crippen LogP contribution in [0.5, 0.6) is 0 Å². The largest absolute Gasteiger partial charge is 0.345 e. The summed E-state index contributed by atoms with van der Waals surface area (Å²) in [5.41, 5.74) is 0. The van der Waals surface area contributed by atoms with Gasteiger partial charge in [0.25, 0.3) is 0 Å². The van der Waals surface area contributed by atoms with Gasteiger partial charge in [0.1, 0.15) is 6.04 Å². The molecule has 1 saturated heterocycles. The van der Waals surface area contributed by atoms with Crippen LogP contribution in [0.3, 0.4) is 0 Å². The van der Waals surface area contributed by atoms with Gasteiger partial charge < -0.3 is 10.2 Å². The van der Waals surface area contributed by atoms with E-state index in [0.717, 1.165) is 6.42 Å².